The van der Waals surface area contributed by atoms with Crippen molar-refractivity contribution in [3.8, 4) is 17.2 Å². The molecule has 1 N–H and O–H groups in total. The average molecular weight is 373 g/mol. The second-order valence-corrected chi connectivity index (χ2v) is 7.36. The maximum Gasteiger partial charge on any atom is 0.247 e. The van der Waals surface area contributed by atoms with Crippen LogP contribution >= 0.6 is 0 Å². The van der Waals surface area contributed by atoms with Gasteiger partial charge >= 0.3 is 0 Å². The fourth-order valence-electron chi connectivity index (χ4n) is 2.26. The number of rotatable bonds is 7. The molecule has 0 aliphatic rings. The lowest BCUT2D eigenvalue weighted by molar-refractivity contribution is 0.340. The molecule has 3 rings (SSSR count). The number of aryl methyl sites for hydroxylation is 1. The monoisotopic (exact) mass is 373 g/mol. The second-order valence-electron chi connectivity index (χ2n) is 5.60. The number of nitrogens with one attached hydrogen (secondary N) is 1. The molecule has 0 fully saturated rings. The third kappa shape index (κ3) is 4.27. The molecule has 0 saturated carbocycles. The minimum Gasteiger partial charge on any atom is -0.494 e. The molecule has 0 aliphatic heterocycles. The van der Waals surface area contributed by atoms with E-state index in [4.69, 9.17) is 9.15 Å². The Kier molecular flexibility index (Phi) is 5.34. The summed E-state index contributed by atoms with van der Waals surface area (Å²) in [6.45, 7) is 4.28. The number of sulfonamides is 1. The Balaban J connectivity index is 1.67. The zero-order valence-corrected chi connectivity index (χ0v) is 15.3. The van der Waals surface area contributed by atoms with Gasteiger partial charge in [-0.15, -0.1) is 10.2 Å². The summed E-state index contributed by atoms with van der Waals surface area (Å²) in [6.07, 6.45) is 0. The van der Waals surface area contributed by atoms with Gasteiger partial charge in [0.2, 0.25) is 21.8 Å². The topological polar surface area (TPSA) is 94.3 Å². The highest BCUT2D eigenvalue weighted by Crippen LogP contribution is 2.19. The Bertz CT molecular complexity index is 964. The Labute approximate surface area is 152 Å². The summed E-state index contributed by atoms with van der Waals surface area (Å²) >= 11 is 0. The van der Waals surface area contributed by atoms with Crippen molar-refractivity contribution in [3.05, 3.63) is 60.0 Å². The molecule has 0 saturated heterocycles. The Morgan fingerprint density at radius 1 is 1.04 bits per heavy atom. The molecule has 26 heavy (non-hydrogen) atoms. The highest BCUT2D eigenvalue weighted by Gasteiger charge is 2.16. The summed E-state index contributed by atoms with van der Waals surface area (Å²) in [4.78, 5) is 0.138. The molecule has 0 unspecified atom stereocenters. The first-order valence-electron chi connectivity index (χ1n) is 8.10. The van der Waals surface area contributed by atoms with Gasteiger partial charge in [0.25, 0.3) is 0 Å². The number of hydrogen-bond donors (Lipinski definition) is 1. The minimum atomic E-state index is -3.68. The molecule has 0 bridgehead atoms. The van der Waals surface area contributed by atoms with Crippen LogP contribution in [0, 0.1) is 6.92 Å². The summed E-state index contributed by atoms with van der Waals surface area (Å²) in [7, 11) is -3.68. The number of benzene rings is 2. The predicted octanol–water partition coefficient (Wildman–Crippen LogP) is 2.92. The van der Waals surface area contributed by atoms with Gasteiger partial charge in [-0.05, 0) is 50.2 Å². The van der Waals surface area contributed by atoms with E-state index in [1.165, 1.54) is 12.1 Å². The van der Waals surface area contributed by atoms with E-state index in [0.29, 0.717) is 18.2 Å². The molecule has 1 aromatic heterocycles. The standard InChI is InChI=1S/C18H19N3O4S/c1-3-24-15-8-10-16(11-9-15)26(22,23)19-12-17-20-21-18(25-17)14-6-4-13(2)5-7-14/h4-11,19H,3,12H2,1-2H3. The van der Waals surface area contributed by atoms with E-state index in [1.807, 2.05) is 38.1 Å². The molecular formula is C18H19N3O4S. The summed E-state index contributed by atoms with van der Waals surface area (Å²) in [6, 6.07) is 13.8. The van der Waals surface area contributed by atoms with Gasteiger partial charge in [-0.25, -0.2) is 13.1 Å². The molecule has 136 valence electrons. The Morgan fingerprint density at radius 3 is 2.38 bits per heavy atom. The third-order valence-corrected chi connectivity index (χ3v) is 5.04. The first-order valence-corrected chi connectivity index (χ1v) is 9.58. The lowest BCUT2D eigenvalue weighted by Crippen LogP contribution is -2.23. The van der Waals surface area contributed by atoms with Gasteiger partial charge in [-0.2, -0.15) is 0 Å². The summed E-state index contributed by atoms with van der Waals surface area (Å²) < 4.78 is 38.0. The Hall–Kier alpha value is -2.71. The molecule has 2 aromatic carbocycles. The average Bonchev–Trinajstić information content (AvgIpc) is 3.11. The lowest BCUT2D eigenvalue weighted by atomic mass is 10.1. The van der Waals surface area contributed by atoms with E-state index < -0.39 is 10.0 Å². The van der Waals surface area contributed by atoms with Crippen LogP contribution in [-0.2, 0) is 16.6 Å². The van der Waals surface area contributed by atoms with Crippen molar-refractivity contribution in [1.29, 1.82) is 0 Å². The van der Waals surface area contributed by atoms with Crippen molar-refractivity contribution < 1.29 is 17.6 Å². The van der Waals surface area contributed by atoms with Crippen LogP contribution in [0.3, 0.4) is 0 Å². The van der Waals surface area contributed by atoms with Crippen LogP contribution in [0.5, 0.6) is 5.75 Å². The van der Waals surface area contributed by atoms with E-state index in [9.17, 15) is 8.42 Å². The van der Waals surface area contributed by atoms with Gasteiger partial charge in [0.15, 0.2) is 0 Å². The van der Waals surface area contributed by atoms with Crippen molar-refractivity contribution in [1.82, 2.24) is 14.9 Å². The Morgan fingerprint density at radius 2 is 1.73 bits per heavy atom. The van der Waals surface area contributed by atoms with Crippen molar-refractivity contribution in [2.45, 2.75) is 25.3 Å². The zero-order chi connectivity index (χ0) is 18.6. The molecule has 1 heterocycles. The number of aromatic nitrogens is 2. The van der Waals surface area contributed by atoms with Gasteiger partial charge in [0.05, 0.1) is 18.0 Å². The summed E-state index contributed by atoms with van der Waals surface area (Å²) in [5.74, 6) is 1.15. The number of ether oxygens (including phenoxy) is 1. The first kappa shape index (κ1) is 18.1. The van der Waals surface area contributed by atoms with Crippen LogP contribution in [0.15, 0.2) is 57.8 Å². The minimum absolute atomic E-state index is 0.0889. The van der Waals surface area contributed by atoms with Gasteiger partial charge < -0.3 is 9.15 Å². The smallest absolute Gasteiger partial charge is 0.247 e. The molecule has 0 aliphatic carbocycles. The third-order valence-electron chi connectivity index (χ3n) is 3.62. The second kappa shape index (κ2) is 7.67. The maximum atomic E-state index is 12.3. The molecule has 0 radical (unpaired) electrons. The number of nitrogens with zero attached hydrogens (tertiary/aromatic N) is 2. The zero-order valence-electron chi connectivity index (χ0n) is 14.5. The molecule has 0 spiro atoms. The predicted molar refractivity (Wildman–Crippen MR) is 96.1 cm³/mol. The van der Waals surface area contributed by atoms with E-state index in [0.717, 1.165) is 11.1 Å². The van der Waals surface area contributed by atoms with Crippen molar-refractivity contribution in [2.24, 2.45) is 0 Å². The van der Waals surface area contributed by atoms with Gasteiger partial charge in [0, 0.05) is 5.56 Å². The van der Waals surface area contributed by atoms with Crippen LogP contribution in [0.2, 0.25) is 0 Å². The molecule has 3 aromatic rings. The van der Waals surface area contributed by atoms with Crippen LogP contribution in [0.1, 0.15) is 18.4 Å². The van der Waals surface area contributed by atoms with Crippen LogP contribution < -0.4 is 9.46 Å². The highest BCUT2D eigenvalue weighted by molar-refractivity contribution is 7.89. The largest absolute Gasteiger partial charge is 0.494 e. The fraction of sp³-hybridized carbons (Fsp3) is 0.222. The van der Waals surface area contributed by atoms with Crippen LogP contribution in [0.4, 0.5) is 0 Å². The summed E-state index contributed by atoms with van der Waals surface area (Å²) in [5.41, 5.74) is 1.90. The number of hydrogen-bond acceptors (Lipinski definition) is 6. The van der Waals surface area contributed by atoms with Crippen LogP contribution in [0.25, 0.3) is 11.5 Å². The SMILES string of the molecule is CCOc1ccc(S(=O)(=O)NCc2nnc(-c3ccc(C)cc3)o2)cc1. The molecular weight excluding hydrogens is 354 g/mol. The van der Waals surface area contributed by atoms with E-state index >= 15 is 0 Å². The van der Waals surface area contributed by atoms with Gasteiger partial charge in [0.1, 0.15) is 5.75 Å². The first-order chi connectivity index (χ1) is 12.5. The van der Waals surface area contributed by atoms with Gasteiger partial charge in [-0.3, -0.25) is 0 Å². The van der Waals surface area contributed by atoms with Gasteiger partial charge in [-0.1, -0.05) is 17.7 Å². The fourth-order valence-corrected chi connectivity index (χ4v) is 3.23. The van der Waals surface area contributed by atoms with Crippen molar-refractivity contribution in [3.63, 3.8) is 0 Å². The van der Waals surface area contributed by atoms with E-state index in [-0.39, 0.29) is 17.3 Å². The van der Waals surface area contributed by atoms with E-state index in [2.05, 4.69) is 14.9 Å². The van der Waals surface area contributed by atoms with Crippen LogP contribution in [-0.4, -0.2) is 25.2 Å². The molecule has 0 amide bonds. The molecule has 7 nitrogen and oxygen atoms in total. The summed E-state index contributed by atoms with van der Waals surface area (Å²) in [5, 5.41) is 7.84. The molecule has 0 atom stereocenters. The quantitative estimate of drug-likeness (QED) is 0.684. The molecule has 8 heteroatoms. The highest BCUT2D eigenvalue weighted by atomic mass is 32.2. The normalized spacial score (nSPS) is 11.5. The maximum absolute atomic E-state index is 12.3. The van der Waals surface area contributed by atoms with Crippen molar-refractivity contribution in [2.75, 3.05) is 6.61 Å². The van der Waals surface area contributed by atoms with E-state index in [1.54, 1.807) is 12.1 Å². The lowest BCUT2D eigenvalue weighted by Gasteiger charge is -2.06. The van der Waals surface area contributed by atoms with Crippen molar-refractivity contribution >= 4 is 10.0 Å².